The summed E-state index contributed by atoms with van der Waals surface area (Å²) in [4.78, 5) is 30.5. The van der Waals surface area contributed by atoms with E-state index in [0.29, 0.717) is 34.9 Å². The molecule has 1 N–H and O–H groups in total. The molecule has 1 unspecified atom stereocenters. The van der Waals surface area contributed by atoms with Gasteiger partial charge in [0.2, 0.25) is 0 Å². The number of benzene rings is 3. The van der Waals surface area contributed by atoms with Crippen molar-refractivity contribution in [2.24, 2.45) is 0 Å². The number of amides is 1. The van der Waals surface area contributed by atoms with Crippen LogP contribution in [0.5, 0.6) is 11.5 Å². The molecule has 1 heterocycles. The molecular formula is C30H32N2O5. The van der Waals surface area contributed by atoms with Gasteiger partial charge in [-0.2, -0.15) is 0 Å². The van der Waals surface area contributed by atoms with Gasteiger partial charge in [0.15, 0.2) is 0 Å². The van der Waals surface area contributed by atoms with Crippen molar-refractivity contribution in [3.63, 3.8) is 0 Å². The SMILES string of the molecule is CCCOc1ccccc1N1C(=O)C(=O)/C(=C(\O)c2ccc(OC)c(C)c2)C1c1ccc(N(C)C)cc1. The molecule has 0 saturated carbocycles. The van der Waals surface area contributed by atoms with Gasteiger partial charge in [-0.15, -0.1) is 0 Å². The first-order valence-corrected chi connectivity index (χ1v) is 12.2. The third-order valence-corrected chi connectivity index (χ3v) is 6.42. The molecule has 1 atom stereocenters. The topological polar surface area (TPSA) is 79.3 Å². The van der Waals surface area contributed by atoms with Crippen molar-refractivity contribution in [2.45, 2.75) is 26.3 Å². The second-order valence-electron chi connectivity index (χ2n) is 9.16. The Morgan fingerprint density at radius 2 is 1.70 bits per heavy atom. The van der Waals surface area contributed by atoms with Crippen LogP contribution in [0.1, 0.15) is 36.1 Å². The van der Waals surface area contributed by atoms with E-state index in [1.165, 1.54) is 4.90 Å². The highest BCUT2D eigenvalue weighted by Crippen LogP contribution is 2.45. The molecule has 0 spiro atoms. The van der Waals surface area contributed by atoms with Crippen molar-refractivity contribution in [3.05, 3.63) is 89.0 Å². The van der Waals surface area contributed by atoms with E-state index < -0.39 is 17.7 Å². The molecule has 0 bridgehead atoms. The number of carbonyl (C=O) groups excluding carboxylic acids is 2. The number of aliphatic hydroxyl groups is 1. The lowest BCUT2D eigenvalue weighted by atomic mass is 9.94. The number of ketones is 1. The van der Waals surface area contributed by atoms with Crippen molar-refractivity contribution >= 4 is 28.8 Å². The van der Waals surface area contributed by atoms with E-state index in [4.69, 9.17) is 9.47 Å². The Bertz CT molecular complexity index is 1340. The highest BCUT2D eigenvalue weighted by atomic mass is 16.5. The summed E-state index contributed by atoms with van der Waals surface area (Å²) < 4.78 is 11.3. The maximum absolute atomic E-state index is 13.6. The fourth-order valence-electron chi connectivity index (χ4n) is 4.52. The van der Waals surface area contributed by atoms with E-state index in [1.54, 1.807) is 43.5 Å². The van der Waals surface area contributed by atoms with Crippen molar-refractivity contribution < 1.29 is 24.2 Å². The Morgan fingerprint density at radius 1 is 1.00 bits per heavy atom. The molecule has 3 aromatic rings. The molecule has 37 heavy (non-hydrogen) atoms. The number of methoxy groups -OCH3 is 1. The Labute approximate surface area is 217 Å². The highest BCUT2D eigenvalue weighted by Gasteiger charge is 2.47. The van der Waals surface area contributed by atoms with Crippen molar-refractivity contribution in [1.82, 2.24) is 0 Å². The first kappa shape index (κ1) is 25.8. The van der Waals surface area contributed by atoms with Gasteiger partial charge in [0, 0.05) is 25.3 Å². The van der Waals surface area contributed by atoms with Crippen molar-refractivity contribution in [3.8, 4) is 11.5 Å². The number of aliphatic hydroxyl groups excluding tert-OH is 1. The molecule has 1 aliphatic rings. The molecule has 1 fully saturated rings. The maximum atomic E-state index is 13.6. The number of carbonyl (C=O) groups is 2. The van der Waals surface area contributed by atoms with E-state index in [-0.39, 0.29) is 11.3 Å². The lowest BCUT2D eigenvalue weighted by molar-refractivity contribution is -0.132. The number of para-hydroxylation sites is 2. The number of Topliss-reactive ketones (excluding diaryl/α,β-unsaturated/α-hetero) is 1. The van der Waals surface area contributed by atoms with Crippen LogP contribution in [-0.4, -0.2) is 44.6 Å². The first-order valence-electron chi connectivity index (χ1n) is 12.2. The van der Waals surface area contributed by atoms with Gasteiger partial charge in [0.25, 0.3) is 11.7 Å². The largest absolute Gasteiger partial charge is 0.507 e. The van der Waals surface area contributed by atoms with Gasteiger partial charge in [-0.3, -0.25) is 14.5 Å². The Balaban J connectivity index is 1.93. The van der Waals surface area contributed by atoms with Crippen LogP contribution in [-0.2, 0) is 9.59 Å². The Morgan fingerprint density at radius 3 is 2.32 bits per heavy atom. The third-order valence-electron chi connectivity index (χ3n) is 6.42. The van der Waals surface area contributed by atoms with E-state index in [1.807, 2.05) is 63.2 Å². The summed E-state index contributed by atoms with van der Waals surface area (Å²) in [6.07, 6.45) is 0.791. The quantitative estimate of drug-likeness (QED) is 0.251. The summed E-state index contributed by atoms with van der Waals surface area (Å²) in [6.45, 7) is 4.32. The molecule has 0 aliphatic carbocycles. The van der Waals surface area contributed by atoms with E-state index in [0.717, 1.165) is 17.7 Å². The zero-order valence-electron chi connectivity index (χ0n) is 21.8. The summed E-state index contributed by atoms with van der Waals surface area (Å²) in [6, 6.07) is 19.1. The third kappa shape index (κ3) is 4.89. The van der Waals surface area contributed by atoms with Gasteiger partial charge in [-0.05, 0) is 66.9 Å². The van der Waals surface area contributed by atoms with Crippen LogP contribution in [0.3, 0.4) is 0 Å². The van der Waals surface area contributed by atoms with E-state index in [9.17, 15) is 14.7 Å². The highest BCUT2D eigenvalue weighted by molar-refractivity contribution is 6.52. The van der Waals surface area contributed by atoms with Gasteiger partial charge in [0.1, 0.15) is 17.3 Å². The lowest BCUT2D eigenvalue weighted by Gasteiger charge is -2.27. The minimum absolute atomic E-state index is 0.0254. The number of aryl methyl sites for hydroxylation is 1. The number of anilines is 2. The average Bonchev–Trinajstić information content (AvgIpc) is 3.17. The second-order valence-corrected chi connectivity index (χ2v) is 9.16. The smallest absolute Gasteiger partial charge is 0.300 e. The van der Waals surface area contributed by atoms with Gasteiger partial charge in [0.05, 0.1) is 31.0 Å². The fraction of sp³-hybridized carbons (Fsp3) is 0.267. The van der Waals surface area contributed by atoms with Crippen LogP contribution >= 0.6 is 0 Å². The summed E-state index contributed by atoms with van der Waals surface area (Å²) in [5.74, 6) is -0.546. The predicted octanol–water partition coefficient (Wildman–Crippen LogP) is 5.48. The Hall–Kier alpha value is -4.26. The average molecular weight is 501 g/mol. The lowest BCUT2D eigenvalue weighted by Crippen LogP contribution is -2.30. The standard InChI is InChI=1S/C30H32N2O5/c1-6-17-37-25-10-8-7-9-23(25)32-27(20-11-14-22(15-12-20)31(3)4)26(29(34)30(32)35)28(33)21-13-16-24(36-5)19(2)18-21/h7-16,18,27,33H,6,17H2,1-5H3/b28-26-. The molecule has 4 rings (SSSR count). The summed E-state index contributed by atoms with van der Waals surface area (Å²) >= 11 is 0. The van der Waals surface area contributed by atoms with Crippen LogP contribution in [0.4, 0.5) is 11.4 Å². The molecule has 1 saturated heterocycles. The second kappa shape index (κ2) is 10.8. The van der Waals surface area contributed by atoms with Gasteiger partial charge < -0.3 is 19.5 Å². The first-order chi connectivity index (χ1) is 17.8. The number of rotatable bonds is 8. The molecule has 0 aromatic heterocycles. The van der Waals surface area contributed by atoms with Crippen LogP contribution in [0.2, 0.25) is 0 Å². The van der Waals surface area contributed by atoms with E-state index in [2.05, 4.69) is 0 Å². The number of hydrogen-bond donors (Lipinski definition) is 1. The summed E-state index contributed by atoms with van der Waals surface area (Å²) in [5, 5.41) is 11.4. The molecule has 0 radical (unpaired) electrons. The number of hydrogen-bond acceptors (Lipinski definition) is 6. The van der Waals surface area contributed by atoms with Crippen LogP contribution in [0, 0.1) is 6.92 Å². The van der Waals surface area contributed by atoms with Crippen molar-refractivity contribution in [2.75, 3.05) is 37.6 Å². The van der Waals surface area contributed by atoms with Crippen molar-refractivity contribution in [1.29, 1.82) is 0 Å². The van der Waals surface area contributed by atoms with E-state index >= 15 is 0 Å². The zero-order chi connectivity index (χ0) is 26.7. The molecule has 192 valence electrons. The molecule has 7 nitrogen and oxygen atoms in total. The van der Waals surface area contributed by atoms with Gasteiger partial charge in [-0.1, -0.05) is 31.2 Å². The molecular weight excluding hydrogens is 468 g/mol. The molecule has 7 heteroatoms. The maximum Gasteiger partial charge on any atom is 0.300 e. The van der Waals surface area contributed by atoms with Gasteiger partial charge in [-0.25, -0.2) is 0 Å². The molecule has 1 amide bonds. The fourth-order valence-corrected chi connectivity index (χ4v) is 4.52. The normalized spacial score (nSPS) is 16.7. The summed E-state index contributed by atoms with van der Waals surface area (Å²) in [7, 11) is 5.45. The van der Waals surface area contributed by atoms with Gasteiger partial charge >= 0.3 is 0 Å². The summed E-state index contributed by atoms with van der Waals surface area (Å²) in [5.41, 5.74) is 3.40. The minimum Gasteiger partial charge on any atom is -0.507 e. The van der Waals surface area contributed by atoms with Crippen LogP contribution in [0.25, 0.3) is 5.76 Å². The van der Waals surface area contributed by atoms with Crippen LogP contribution in [0.15, 0.2) is 72.3 Å². The number of nitrogens with zero attached hydrogens (tertiary/aromatic N) is 2. The zero-order valence-corrected chi connectivity index (χ0v) is 21.8. The minimum atomic E-state index is -0.843. The molecule has 1 aliphatic heterocycles. The van der Waals surface area contributed by atoms with Crippen LogP contribution < -0.4 is 19.3 Å². The predicted molar refractivity (Wildman–Crippen MR) is 146 cm³/mol. The molecule has 3 aromatic carbocycles. The monoisotopic (exact) mass is 500 g/mol. The Kier molecular flexibility index (Phi) is 7.53. The number of ether oxygens (including phenoxy) is 2.